The van der Waals surface area contributed by atoms with Crippen molar-refractivity contribution < 1.29 is 14.6 Å². The Morgan fingerprint density at radius 3 is 2.54 bits per heavy atom. The third kappa shape index (κ3) is 11.2. The Morgan fingerprint density at radius 1 is 1.46 bits per heavy atom. The van der Waals surface area contributed by atoms with Crippen LogP contribution in [0.5, 0.6) is 0 Å². The Bertz CT molecular complexity index is 182. The van der Waals surface area contributed by atoms with Gasteiger partial charge in [0.1, 0.15) is 0 Å². The smallest absolute Gasteiger partial charge is 0.449 e. The number of hydrogen-bond donors (Lipinski definition) is 1. The van der Waals surface area contributed by atoms with Crippen LogP contribution in [0, 0.1) is 0 Å². The maximum absolute atomic E-state index is 9.92. The second-order valence-corrected chi connectivity index (χ2v) is 9.83. The standard InChI is InChI=1S/C9H18O3Si/c1-13(2,3)8-6-4-5-7-12-9(10)11/h5,7H,4,6,8H2,1-3H3,(H,10,11). The average molecular weight is 202 g/mol. The minimum Gasteiger partial charge on any atom is -0.449 e. The predicted molar refractivity (Wildman–Crippen MR) is 55.6 cm³/mol. The molecule has 3 nitrogen and oxygen atoms in total. The van der Waals surface area contributed by atoms with E-state index >= 15 is 0 Å². The molecule has 0 aliphatic carbocycles. The first-order valence-electron chi connectivity index (χ1n) is 4.46. The minimum absolute atomic E-state index is 0.900. The molecule has 13 heavy (non-hydrogen) atoms. The molecular weight excluding hydrogens is 184 g/mol. The predicted octanol–water partition coefficient (Wildman–Crippen LogP) is 3.31. The molecule has 0 saturated carbocycles. The van der Waals surface area contributed by atoms with E-state index in [2.05, 4.69) is 24.4 Å². The Labute approximate surface area is 80.4 Å². The van der Waals surface area contributed by atoms with Crippen molar-refractivity contribution in [3.8, 4) is 0 Å². The van der Waals surface area contributed by atoms with Gasteiger partial charge in [-0.3, -0.25) is 0 Å². The molecule has 0 aromatic carbocycles. The molecule has 76 valence electrons. The lowest BCUT2D eigenvalue weighted by atomic mass is 10.3. The number of carbonyl (C=O) groups is 1. The van der Waals surface area contributed by atoms with Gasteiger partial charge < -0.3 is 9.84 Å². The molecule has 0 bridgehead atoms. The second kappa shape index (κ2) is 5.80. The molecule has 4 heteroatoms. The van der Waals surface area contributed by atoms with Crippen LogP contribution in [0.3, 0.4) is 0 Å². The van der Waals surface area contributed by atoms with E-state index in [0.29, 0.717) is 0 Å². The highest BCUT2D eigenvalue weighted by Gasteiger charge is 2.10. The number of allylic oxidation sites excluding steroid dienone is 1. The molecule has 0 aromatic heterocycles. The van der Waals surface area contributed by atoms with E-state index in [1.807, 2.05) is 0 Å². The van der Waals surface area contributed by atoms with Crippen molar-refractivity contribution in [2.75, 3.05) is 0 Å². The van der Waals surface area contributed by atoms with Gasteiger partial charge >= 0.3 is 6.16 Å². The van der Waals surface area contributed by atoms with Gasteiger partial charge in [-0.25, -0.2) is 4.79 Å². The molecule has 0 amide bonds. The SMILES string of the molecule is C[Si](C)(C)CCCC=COC(=O)O. The summed E-state index contributed by atoms with van der Waals surface area (Å²) in [5, 5.41) is 8.13. The lowest BCUT2D eigenvalue weighted by Crippen LogP contribution is -2.18. The average Bonchev–Trinajstić information content (AvgIpc) is 1.93. The fraction of sp³-hybridized carbons (Fsp3) is 0.667. The van der Waals surface area contributed by atoms with Gasteiger partial charge in [0.25, 0.3) is 0 Å². The number of carboxylic acid groups (broad SMARTS) is 1. The first-order valence-corrected chi connectivity index (χ1v) is 8.17. The Balaban J connectivity index is 3.36. The van der Waals surface area contributed by atoms with Gasteiger partial charge in [0, 0.05) is 8.07 Å². The summed E-state index contributed by atoms with van der Waals surface area (Å²) >= 11 is 0. The van der Waals surface area contributed by atoms with E-state index in [1.54, 1.807) is 6.08 Å². The Kier molecular flexibility index (Phi) is 5.46. The number of rotatable bonds is 5. The van der Waals surface area contributed by atoms with Crippen LogP contribution >= 0.6 is 0 Å². The van der Waals surface area contributed by atoms with Crippen LogP contribution in [0.2, 0.25) is 25.7 Å². The van der Waals surface area contributed by atoms with Crippen LogP contribution in [0.15, 0.2) is 12.3 Å². The highest BCUT2D eigenvalue weighted by Crippen LogP contribution is 2.12. The van der Waals surface area contributed by atoms with E-state index in [-0.39, 0.29) is 0 Å². The highest BCUT2D eigenvalue weighted by atomic mass is 28.3. The molecule has 1 N–H and O–H groups in total. The van der Waals surface area contributed by atoms with Gasteiger partial charge in [0.05, 0.1) is 6.26 Å². The molecule has 0 unspecified atom stereocenters. The van der Waals surface area contributed by atoms with Gasteiger partial charge in [-0.2, -0.15) is 0 Å². The summed E-state index contributed by atoms with van der Waals surface area (Å²) < 4.78 is 4.22. The van der Waals surface area contributed by atoms with Crippen LogP contribution in [0.25, 0.3) is 0 Å². The van der Waals surface area contributed by atoms with Crippen molar-refractivity contribution in [3.05, 3.63) is 12.3 Å². The van der Waals surface area contributed by atoms with Crippen molar-refractivity contribution in [1.29, 1.82) is 0 Å². The van der Waals surface area contributed by atoms with Gasteiger partial charge in [-0.05, 0) is 12.5 Å². The lowest BCUT2D eigenvalue weighted by Gasteiger charge is -2.13. The fourth-order valence-corrected chi connectivity index (χ4v) is 2.19. The zero-order valence-corrected chi connectivity index (χ0v) is 9.54. The molecule has 0 rings (SSSR count). The van der Waals surface area contributed by atoms with Gasteiger partial charge in [-0.15, -0.1) is 0 Å². The molecular formula is C9H18O3Si. The molecule has 0 heterocycles. The molecule has 0 saturated heterocycles. The molecule has 0 aliphatic heterocycles. The minimum atomic E-state index is -1.25. The second-order valence-electron chi connectivity index (χ2n) is 4.21. The molecule has 0 radical (unpaired) electrons. The van der Waals surface area contributed by atoms with Crippen molar-refractivity contribution in [2.24, 2.45) is 0 Å². The van der Waals surface area contributed by atoms with E-state index in [1.165, 1.54) is 12.3 Å². The summed E-state index contributed by atoms with van der Waals surface area (Å²) in [5.41, 5.74) is 0. The van der Waals surface area contributed by atoms with Gasteiger partial charge in [0.15, 0.2) is 0 Å². The zero-order chi connectivity index (χ0) is 10.3. The van der Waals surface area contributed by atoms with Crippen molar-refractivity contribution in [2.45, 2.75) is 38.5 Å². The summed E-state index contributed by atoms with van der Waals surface area (Å²) in [5.74, 6) is 0. The van der Waals surface area contributed by atoms with E-state index in [4.69, 9.17) is 5.11 Å². The van der Waals surface area contributed by atoms with E-state index in [0.717, 1.165) is 12.8 Å². The lowest BCUT2D eigenvalue weighted by molar-refractivity contribution is 0.128. The third-order valence-corrected chi connectivity index (χ3v) is 3.42. The Hall–Kier alpha value is -0.773. The fourth-order valence-electron chi connectivity index (χ4n) is 0.925. The van der Waals surface area contributed by atoms with Crippen LogP contribution in [0.1, 0.15) is 12.8 Å². The molecule has 0 fully saturated rings. The molecule has 0 atom stereocenters. The van der Waals surface area contributed by atoms with Crippen molar-refractivity contribution in [3.63, 3.8) is 0 Å². The van der Waals surface area contributed by atoms with Crippen LogP contribution < -0.4 is 0 Å². The highest BCUT2D eigenvalue weighted by molar-refractivity contribution is 6.76. The normalized spacial score (nSPS) is 11.9. The zero-order valence-electron chi connectivity index (χ0n) is 8.54. The Morgan fingerprint density at radius 2 is 2.08 bits per heavy atom. The van der Waals surface area contributed by atoms with Gasteiger partial charge in [-0.1, -0.05) is 32.1 Å². The van der Waals surface area contributed by atoms with Crippen LogP contribution in [0.4, 0.5) is 4.79 Å². The van der Waals surface area contributed by atoms with Crippen LogP contribution in [-0.4, -0.2) is 19.3 Å². The number of hydrogen-bond acceptors (Lipinski definition) is 2. The third-order valence-electron chi connectivity index (χ3n) is 1.56. The quantitative estimate of drug-likeness (QED) is 0.322. The maximum Gasteiger partial charge on any atom is 0.510 e. The number of ether oxygens (including phenoxy) is 1. The summed E-state index contributed by atoms with van der Waals surface area (Å²) in [6.45, 7) is 6.97. The first-order chi connectivity index (χ1) is 5.92. The summed E-state index contributed by atoms with van der Waals surface area (Å²) in [6, 6.07) is 1.27. The summed E-state index contributed by atoms with van der Waals surface area (Å²) in [7, 11) is -0.930. The van der Waals surface area contributed by atoms with E-state index in [9.17, 15) is 4.79 Å². The maximum atomic E-state index is 9.92. The topological polar surface area (TPSA) is 46.5 Å². The largest absolute Gasteiger partial charge is 0.510 e. The summed E-state index contributed by atoms with van der Waals surface area (Å²) in [4.78, 5) is 9.92. The summed E-state index contributed by atoms with van der Waals surface area (Å²) in [6.07, 6.45) is 3.77. The molecule has 0 spiro atoms. The molecule has 0 aliphatic rings. The van der Waals surface area contributed by atoms with Crippen molar-refractivity contribution >= 4 is 14.2 Å². The van der Waals surface area contributed by atoms with Crippen molar-refractivity contribution in [1.82, 2.24) is 0 Å². The monoisotopic (exact) mass is 202 g/mol. The van der Waals surface area contributed by atoms with Gasteiger partial charge in [0.2, 0.25) is 0 Å². The van der Waals surface area contributed by atoms with E-state index < -0.39 is 14.2 Å². The number of unbranched alkanes of at least 4 members (excludes halogenated alkanes) is 1. The first kappa shape index (κ1) is 12.2. The van der Waals surface area contributed by atoms with Crippen LogP contribution in [-0.2, 0) is 4.74 Å². The molecule has 0 aromatic rings.